The number of nitrogens with one attached hydrogen (secondary N) is 1. The number of hydrogen-bond acceptors (Lipinski definition) is 3. The number of hydrogen-bond donors (Lipinski definition) is 1. The molecule has 0 fully saturated rings. The lowest BCUT2D eigenvalue weighted by Crippen LogP contribution is -2.02. The van der Waals surface area contributed by atoms with Gasteiger partial charge in [0.1, 0.15) is 0 Å². The van der Waals surface area contributed by atoms with Crippen molar-refractivity contribution in [3.8, 4) is 0 Å². The molecule has 0 spiro atoms. The number of aromatic amines is 1. The van der Waals surface area contributed by atoms with Gasteiger partial charge in [-0.3, -0.25) is 4.79 Å². The molecule has 3 nitrogen and oxygen atoms in total. The van der Waals surface area contributed by atoms with E-state index in [2.05, 4.69) is 17.1 Å². The summed E-state index contributed by atoms with van der Waals surface area (Å²) >= 11 is 7.83. The molecule has 1 aromatic heterocycles. The third kappa shape index (κ3) is 3.71. The largest absolute Gasteiger partial charge is 0.469 e. The first kappa shape index (κ1) is 16.0. The van der Waals surface area contributed by atoms with Crippen LogP contribution in [-0.4, -0.2) is 18.1 Å². The van der Waals surface area contributed by atoms with E-state index in [4.69, 9.17) is 16.3 Å². The quantitative estimate of drug-likeness (QED) is 0.656. The van der Waals surface area contributed by atoms with Crippen molar-refractivity contribution in [1.82, 2.24) is 4.98 Å². The van der Waals surface area contributed by atoms with E-state index in [1.807, 2.05) is 36.4 Å². The van der Waals surface area contributed by atoms with Crippen LogP contribution in [0.4, 0.5) is 0 Å². The van der Waals surface area contributed by atoms with Gasteiger partial charge in [-0.1, -0.05) is 41.6 Å². The van der Waals surface area contributed by atoms with E-state index < -0.39 is 0 Å². The van der Waals surface area contributed by atoms with E-state index >= 15 is 0 Å². The van der Waals surface area contributed by atoms with E-state index in [1.165, 1.54) is 7.11 Å². The van der Waals surface area contributed by atoms with Crippen LogP contribution in [0.5, 0.6) is 0 Å². The molecule has 0 aliphatic heterocycles. The van der Waals surface area contributed by atoms with Crippen molar-refractivity contribution in [2.45, 2.75) is 22.6 Å². The maximum Gasteiger partial charge on any atom is 0.305 e. The fourth-order valence-electron chi connectivity index (χ4n) is 2.42. The SMILES string of the molecule is COC(=O)CCc1[nH]c2ccc(Cl)cc2c1Sc1ccccc1. The number of esters is 1. The summed E-state index contributed by atoms with van der Waals surface area (Å²) in [4.78, 5) is 17.1. The number of ether oxygens (including phenoxy) is 1. The topological polar surface area (TPSA) is 42.1 Å². The van der Waals surface area contributed by atoms with E-state index in [0.717, 1.165) is 26.4 Å². The summed E-state index contributed by atoms with van der Waals surface area (Å²) in [5.41, 5.74) is 2.05. The van der Waals surface area contributed by atoms with Crippen LogP contribution in [0.3, 0.4) is 0 Å². The smallest absolute Gasteiger partial charge is 0.305 e. The molecule has 0 aliphatic carbocycles. The Balaban J connectivity index is 2.00. The Labute approximate surface area is 144 Å². The first-order chi connectivity index (χ1) is 11.2. The first-order valence-electron chi connectivity index (χ1n) is 7.27. The van der Waals surface area contributed by atoms with Gasteiger partial charge in [0.15, 0.2) is 0 Å². The summed E-state index contributed by atoms with van der Waals surface area (Å²) < 4.78 is 4.74. The molecule has 23 heavy (non-hydrogen) atoms. The molecule has 0 unspecified atom stereocenters. The lowest BCUT2D eigenvalue weighted by molar-refractivity contribution is -0.140. The summed E-state index contributed by atoms with van der Waals surface area (Å²) in [5, 5.41) is 1.78. The Kier molecular flexibility index (Phi) is 4.94. The summed E-state index contributed by atoms with van der Waals surface area (Å²) in [6.07, 6.45) is 0.952. The molecule has 1 N–H and O–H groups in total. The van der Waals surface area contributed by atoms with Crippen molar-refractivity contribution in [1.29, 1.82) is 0 Å². The monoisotopic (exact) mass is 345 g/mol. The molecule has 0 saturated carbocycles. The second-order valence-corrected chi connectivity index (χ2v) is 6.63. The number of halogens is 1. The molecule has 3 aromatic rings. The zero-order valence-electron chi connectivity index (χ0n) is 12.6. The third-order valence-electron chi connectivity index (χ3n) is 3.56. The van der Waals surface area contributed by atoms with Gasteiger partial charge in [0.2, 0.25) is 0 Å². The number of H-pyrrole nitrogens is 1. The maximum absolute atomic E-state index is 11.5. The summed E-state index contributed by atoms with van der Waals surface area (Å²) in [5.74, 6) is -0.211. The molecule has 1 heterocycles. The average Bonchev–Trinajstić information content (AvgIpc) is 2.90. The van der Waals surface area contributed by atoms with Gasteiger partial charge in [-0.25, -0.2) is 0 Å². The van der Waals surface area contributed by atoms with Gasteiger partial charge < -0.3 is 9.72 Å². The Hall–Kier alpha value is -1.91. The highest BCUT2D eigenvalue weighted by atomic mass is 35.5. The first-order valence-corrected chi connectivity index (χ1v) is 8.46. The number of benzene rings is 2. The molecule has 3 rings (SSSR count). The number of aromatic nitrogens is 1. The summed E-state index contributed by atoms with van der Waals surface area (Å²) in [6, 6.07) is 15.9. The van der Waals surface area contributed by atoms with E-state index in [0.29, 0.717) is 17.9 Å². The van der Waals surface area contributed by atoms with Crippen LogP contribution in [0, 0.1) is 0 Å². The van der Waals surface area contributed by atoms with Crippen LogP contribution in [0.1, 0.15) is 12.1 Å². The Bertz CT molecular complexity index is 830. The molecule has 0 atom stereocenters. The Morgan fingerprint density at radius 1 is 1.22 bits per heavy atom. The van der Waals surface area contributed by atoms with E-state index in [9.17, 15) is 4.79 Å². The maximum atomic E-state index is 11.5. The lowest BCUT2D eigenvalue weighted by atomic mass is 10.2. The number of aryl methyl sites for hydroxylation is 1. The molecule has 0 bridgehead atoms. The molecule has 118 valence electrons. The van der Waals surface area contributed by atoms with Crippen molar-refractivity contribution < 1.29 is 9.53 Å². The molecular formula is C18H16ClNO2S. The van der Waals surface area contributed by atoms with E-state index in [1.54, 1.807) is 11.8 Å². The van der Waals surface area contributed by atoms with Gasteiger partial charge in [-0.2, -0.15) is 0 Å². The van der Waals surface area contributed by atoms with Crippen molar-refractivity contribution in [3.63, 3.8) is 0 Å². The number of methoxy groups -OCH3 is 1. The number of carbonyl (C=O) groups excluding carboxylic acids is 1. The molecule has 2 aromatic carbocycles. The average molecular weight is 346 g/mol. The van der Waals surface area contributed by atoms with Crippen LogP contribution in [-0.2, 0) is 16.0 Å². The van der Waals surface area contributed by atoms with Gasteiger partial charge in [0, 0.05) is 31.4 Å². The van der Waals surface area contributed by atoms with Crippen LogP contribution in [0.2, 0.25) is 5.02 Å². The molecular weight excluding hydrogens is 330 g/mol. The second kappa shape index (κ2) is 7.11. The minimum atomic E-state index is -0.211. The normalized spacial score (nSPS) is 10.9. The standard InChI is InChI=1S/C18H16ClNO2S/c1-22-17(21)10-9-16-18(23-13-5-3-2-4-6-13)14-11-12(19)7-8-15(14)20-16/h2-8,11,20H,9-10H2,1H3. The van der Waals surface area contributed by atoms with Gasteiger partial charge in [-0.15, -0.1) is 0 Å². The highest BCUT2D eigenvalue weighted by Crippen LogP contribution is 2.38. The predicted molar refractivity (Wildman–Crippen MR) is 94.2 cm³/mol. The number of carbonyl (C=O) groups is 1. The molecule has 0 aliphatic rings. The fraction of sp³-hybridized carbons (Fsp3) is 0.167. The molecule has 0 saturated heterocycles. The summed E-state index contributed by atoms with van der Waals surface area (Å²) in [6.45, 7) is 0. The van der Waals surface area contributed by atoms with Crippen molar-refractivity contribution in [2.75, 3.05) is 7.11 Å². The van der Waals surface area contributed by atoms with Gasteiger partial charge in [0.05, 0.1) is 13.5 Å². The highest BCUT2D eigenvalue weighted by Gasteiger charge is 2.14. The minimum Gasteiger partial charge on any atom is -0.469 e. The fourth-order valence-corrected chi connectivity index (χ4v) is 3.68. The molecule has 5 heteroatoms. The van der Waals surface area contributed by atoms with Crippen molar-refractivity contribution >= 4 is 40.2 Å². The predicted octanol–water partition coefficient (Wildman–Crippen LogP) is 5.08. The summed E-state index contributed by atoms with van der Waals surface area (Å²) in [7, 11) is 1.41. The molecule has 0 amide bonds. The van der Waals surface area contributed by atoms with Gasteiger partial charge in [0.25, 0.3) is 0 Å². The molecule has 0 radical (unpaired) electrons. The van der Waals surface area contributed by atoms with Crippen LogP contribution >= 0.6 is 23.4 Å². The zero-order valence-corrected chi connectivity index (χ0v) is 14.2. The van der Waals surface area contributed by atoms with Crippen molar-refractivity contribution in [3.05, 3.63) is 59.2 Å². The van der Waals surface area contributed by atoms with Crippen LogP contribution in [0.25, 0.3) is 10.9 Å². The lowest BCUT2D eigenvalue weighted by Gasteiger charge is -2.05. The van der Waals surface area contributed by atoms with Gasteiger partial charge >= 0.3 is 5.97 Å². The Morgan fingerprint density at radius 2 is 2.00 bits per heavy atom. The number of fused-ring (bicyclic) bond motifs is 1. The minimum absolute atomic E-state index is 0.211. The van der Waals surface area contributed by atoms with E-state index in [-0.39, 0.29) is 5.97 Å². The highest BCUT2D eigenvalue weighted by molar-refractivity contribution is 7.99. The third-order valence-corrected chi connectivity index (χ3v) is 4.97. The van der Waals surface area contributed by atoms with Crippen LogP contribution in [0.15, 0.2) is 58.3 Å². The second-order valence-electron chi connectivity index (χ2n) is 5.11. The van der Waals surface area contributed by atoms with Gasteiger partial charge in [-0.05, 0) is 36.8 Å². The zero-order chi connectivity index (χ0) is 16.2. The Morgan fingerprint density at radius 3 is 2.74 bits per heavy atom. The van der Waals surface area contributed by atoms with Crippen molar-refractivity contribution in [2.24, 2.45) is 0 Å². The van der Waals surface area contributed by atoms with Crippen LogP contribution < -0.4 is 0 Å². The number of rotatable bonds is 5.